The van der Waals surface area contributed by atoms with Crippen LogP contribution in [0.15, 0.2) is 63.5 Å². The summed E-state index contributed by atoms with van der Waals surface area (Å²) >= 11 is 1.25. The molecule has 0 saturated carbocycles. The number of carbonyl (C=O) groups excluding carboxylic acids is 1. The van der Waals surface area contributed by atoms with E-state index in [0.717, 1.165) is 0 Å². The average Bonchev–Trinajstić information content (AvgIpc) is 3.25. The number of nitriles is 1. The van der Waals surface area contributed by atoms with Gasteiger partial charge in [0.25, 0.3) is 11.5 Å². The Kier molecular flexibility index (Phi) is 8.52. The van der Waals surface area contributed by atoms with E-state index in [1.54, 1.807) is 47.8 Å². The van der Waals surface area contributed by atoms with Crippen molar-refractivity contribution in [2.45, 2.75) is 26.8 Å². The van der Waals surface area contributed by atoms with E-state index in [-0.39, 0.29) is 18.1 Å². The summed E-state index contributed by atoms with van der Waals surface area (Å²) in [5.41, 5.74) is 2.17. The number of aromatic nitrogens is 1. The fourth-order valence-electron chi connectivity index (χ4n) is 4.62. The maximum atomic E-state index is 13.9. The van der Waals surface area contributed by atoms with Crippen molar-refractivity contribution in [2.24, 2.45) is 4.99 Å². The Hall–Kier alpha value is -4.36. The van der Waals surface area contributed by atoms with Crippen LogP contribution in [0.5, 0.6) is 17.2 Å². The zero-order valence-electron chi connectivity index (χ0n) is 22.6. The summed E-state index contributed by atoms with van der Waals surface area (Å²) in [6.45, 7) is 6.62. The van der Waals surface area contributed by atoms with Crippen molar-refractivity contribution in [1.29, 1.82) is 5.26 Å². The Bertz CT molecular complexity index is 1640. The van der Waals surface area contributed by atoms with Gasteiger partial charge >= 0.3 is 0 Å². The molecule has 1 aliphatic heterocycles. The van der Waals surface area contributed by atoms with E-state index in [2.05, 4.69) is 0 Å². The highest BCUT2D eigenvalue weighted by Crippen LogP contribution is 2.36. The highest BCUT2D eigenvalue weighted by atomic mass is 32.1. The number of fused-ring (bicyclic) bond motifs is 1. The largest absolute Gasteiger partial charge is 0.496 e. The molecule has 0 aliphatic carbocycles. The molecule has 10 heteroatoms. The second-order valence-electron chi connectivity index (χ2n) is 8.66. The van der Waals surface area contributed by atoms with Gasteiger partial charge in [0, 0.05) is 18.7 Å². The highest BCUT2D eigenvalue weighted by molar-refractivity contribution is 7.07. The minimum atomic E-state index is -0.705. The van der Waals surface area contributed by atoms with Gasteiger partial charge in [0.05, 0.1) is 30.0 Å². The first kappa shape index (κ1) is 27.7. The lowest BCUT2D eigenvalue weighted by Crippen LogP contribution is -2.43. The first-order valence-electron chi connectivity index (χ1n) is 12.5. The van der Waals surface area contributed by atoms with Gasteiger partial charge in [-0.1, -0.05) is 35.6 Å². The molecule has 0 radical (unpaired) electrons. The second-order valence-corrected chi connectivity index (χ2v) is 9.67. The third-order valence-electron chi connectivity index (χ3n) is 6.51. The van der Waals surface area contributed by atoms with Crippen LogP contribution in [0.25, 0.3) is 6.08 Å². The summed E-state index contributed by atoms with van der Waals surface area (Å²) in [4.78, 5) is 34.6. The molecule has 39 heavy (non-hydrogen) atoms. The number of hydrogen-bond donors (Lipinski definition) is 0. The number of allylic oxidation sites excluding steroid dienone is 1. The zero-order valence-corrected chi connectivity index (χ0v) is 23.4. The third-order valence-corrected chi connectivity index (χ3v) is 7.50. The van der Waals surface area contributed by atoms with Crippen molar-refractivity contribution >= 4 is 23.3 Å². The molecular formula is C29H30N4O5S. The Morgan fingerprint density at radius 1 is 1.13 bits per heavy atom. The predicted molar refractivity (Wildman–Crippen MR) is 149 cm³/mol. The number of nitrogens with zero attached hydrogens (tertiary/aromatic N) is 4. The number of para-hydroxylation sites is 1. The number of methoxy groups -OCH3 is 2. The van der Waals surface area contributed by atoms with Crippen molar-refractivity contribution < 1.29 is 19.0 Å². The number of rotatable bonds is 9. The molecule has 2 heterocycles. The van der Waals surface area contributed by atoms with Gasteiger partial charge in [0.15, 0.2) is 22.9 Å². The maximum Gasteiger partial charge on any atom is 0.271 e. The quantitative estimate of drug-likeness (QED) is 0.409. The summed E-state index contributed by atoms with van der Waals surface area (Å²) in [5.74, 6) is 1.30. The summed E-state index contributed by atoms with van der Waals surface area (Å²) < 4.78 is 18.5. The van der Waals surface area contributed by atoms with E-state index >= 15 is 0 Å². The number of hydrogen-bond acceptors (Lipinski definition) is 8. The maximum absolute atomic E-state index is 13.9. The highest BCUT2D eigenvalue weighted by Gasteiger charge is 2.35. The molecule has 2 aromatic carbocycles. The van der Waals surface area contributed by atoms with E-state index in [1.807, 2.05) is 44.2 Å². The van der Waals surface area contributed by atoms with Gasteiger partial charge in [0.2, 0.25) is 0 Å². The SMILES string of the molecule is CCN(CC)C(=O)C1=C(C)N=c2s/c(=C/c3ccc(OCC#N)c(OC)c3)c(=O)n2[C@@H]1c1ccccc1OC. The minimum absolute atomic E-state index is 0.106. The summed E-state index contributed by atoms with van der Waals surface area (Å²) in [5, 5.41) is 8.82. The average molecular weight is 547 g/mol. The van der Waals surface area contributed by atoms with Crippen molar-refractivity contribution in [3.8, 4) is 23.3 Å². The predicted octanol–water partition coefficient (Wildman–Crippen LogP) is 3.02. The normalized spacial score (nSPS) is 14.8. The molecule has 9 nitrogen and oxygen atoms in total. The van der Waals surface area contributed by atoms with Gasteiger partial charge in [0.1, 0.15) is 17.9 Å². The zero-order chi connectivity index (χ0) is 28.1. The van der Waals surface area contributed by atoms with Crippen LogP contribution in [0.2, 0.25) is 0 Å². The topological polar surface area (TPSA) is 106 Å². The molecule has 4 rings (SSSR count). The van der Waals surface area contributed by atoms with Gasteiger partial charge in [-0.3, -0.25) is 14.2 Å². The van der Waals surface area contributed by atoms with Crippen LogP contribution in [0, 0.1) is 11.3 Å². The number of amides is 1. The molecule has 0 N–H and O–H groups in total. The van der Waals surface area contributed by atoms with Crippen LogP contribution < -0.4 is 29.1 Å². The second kappa shape index (κ2) is 12.0. The van der Waals surface area contributed by atoms with Crippen LogP contribution in [0.3, 0.4) is 0 Å². The smallest absolute Gasteiger partial charge is 0.271 e. The fourth-order valence-corrected chi connectivity index (χ4v) is 5.66. The Morgan fingerprint density at radius 2 is 1.85 bits per heavy atom. The van der Waals surface area contributed by atoms with Crippen LogP contribution in [-0.4, -0.2) is 49.3 Å². The van der Waals surface area contributed by atoms with E-state index in [1.165, 1.54) is 18.4 Å². The lowest BCUT2D eigenvalue weighted by atomic mass is 9.94. The Balaban J connectivity index is 1.92. The minimum Gasteiger partial charge on any atom is -0.496 e. The van der Waals surface area contributed by atoms with E-state index < -0.39 is 6.04 Å². The molecule has 0 saturated heterocycles. The number of carbonyl (C=O) groups is 1. The lowest BCUT2D eigenvalue weighted by Gasteiger charge is -2.29. The molecule has 0 bridgehead atoms. The standard InChI is InChI=1S/C29H30N4O5S/c1-6-32(7-2)28(35)25-18(3)31-29-33(26(25)20-10-8-9-11-21(20)36-4)27(34)24(39-29)17-19-12-13-22(38-15-14-30)23(16-19)37-5/h8-13,16-17,26H,6-7,15H2,1-5H3/b24-17+/t26-/m1/s1. The third kappa shape index (κ3) is 5.31. The van der Waals surface area contributed by atoms with Crippen molar-refractivity contribution in [1.82, 2.24) is 9.47 Å². The van der Waals surface area contributed by atoms with Crippen LogP contribution in [0.4, 0.5) is 0 Å². The summed E-state index contributed by atoms with van der Waals surface area (Å²) in [6.07, 6.45) is 1.75. The molecule has 202 valence electrons. The summed E-state index contributed by atoms with van der Waals surface area (Å²) in [6, 6.07) is 13.9. The molecule has 0 fully saturated rings. The monoisotopic (exact) mass is 546 g/mol. The van der Waals surface area contributed by atoms with Gasteiger partial charge in [-0.2, -0.15) is 5.26 Å². The van der Waals surface area contributed by atoms with Gasteiger partial charge in [-0.25, -0.2) is 4.99 Å². The Labute approximate surface area is 230 Å². The number of ether oxygens (including phenoxy) is 3. The first-order valence-corrected chi connectivity index (χ1v) is 13.3. The van der Waals surface area contributed by atoms with Crippen molar-refractivity contribution in [3.63, 3.8) is 0 Å². The van der Waals surface area contributed by atoms with Gasteiger partial charge in [-0.05, 0) is 50.6 Å². The number of thiazole rings is 1. The first-order chi connectivity index (χ1) is 18.9. The van der Waals surface area contributed by atoms with Crippen molar-refractivity contribution in [2.75, 3.05) is 33.9 Å². The molecule has 0 spiro atoms. The molecule has 1 atom stereocenters. The van der Waals surface area contributed by atoms with E-state index in [4.69, 9.17) is 24.5 Å². The molecule has 1 aliphatic rings. The lowest BCUT2D eigenvalue weighted by molar-refractivity contribution is -0.127. The molecule has 0 unspecified atom stereocenters. The van der Waals surface area contributed by atoms with Gasteiger partial charge < -0.3 is 19.1 Å². The Morgan fingerprint density at radius 3 is 2.51 bits per heavy atom. The number of likely N-dealkylation sites (N-methyl/N-ethyl adjacent to an activating group) is 1. The molecule has 3 aromatic rings. The molecule has 1 amide bonds. The van der Waals surface area contributed by atoms with E-state index in [0.29, 0.717) is 62.1 Å². The van der Waals surface area contributed by atoms with Crippen LogP contribution in [-0.2, 0) is 4.79 Å². The van der Waals surface area contributed by atoms with Crippen LogP contribution in [0.1, 0.15) is 37.9 Å². The van der Waals surface area contributed by atoms with Crippen molar-refractivity contribution in [3.05, 3.63) is 84.5 Å². The van der Waals surface area contributed by atoms with Gasteiger partial charge in [-0.15, -0.1) is 0 Å². The fraction of sp³-hybridized carbons (Fsp3) is 0.310. The van der Waals surface area contributed by atoms with E-state index in [9.17, 15) is 9.59 Å². The molecule has 1 aromatic heterocycles. The summed E-state index contributed by atoms with van der Waals surface area (Å²) in [7, 11) is 3.08. The number of benzene rings is 2. The van der Waals surface area contributed by atoms with Crippen LogP contribution >= 0.6 is 11.3 Å². The molecular weight excluding hydrogens is 516 g/mol.